The van der Waals surface area contributed by atoms with E-state index in [4.69, 9.17) is 9.47 Å². The van der Waals surface area contributed by atoms with Crippen LogP contribution < -0.4 is 15.4 Å². The molecule has 0 aliphatic carbocycles. The largest absolute Gasteiger partial charge is 0.497 e. The molecule has 5 amide bonds. The molecule has 51 heavy (non-hydrogen) atoms. The number of ether oxygens (including phenoxy) is 2. The lowest BCUT2D eigenvalue weighted by molar-refractivity contribution is -0.172. The second-order valence-corrected chi connectivity index (χ2v) is 12.7. The Hall–Kier alpha value is -5.27. The van der Waals surface area contributed by atoms with Crippen molar-refractivity contribution in [1.82, 2.24) is 25.3 Å². The van der Waals surface area contributed by atoms with E-state index in [-0.39, 0.29) is 44.1 Å². The number of nitrogens with zero attached hydrogens (tertiary/aromatic N) is 3. The zero-order chi connectivity index (χ0) is 36.7. The van der Waals surface area contributed by atoms with Crippen molar-refractivity contribution in [3.8, 4) is 5.75 Å². The van der Waals surface area contributed by atoms with Gasteiger partial charge in [-0.05, 0) is 60.7 Å². The van der Waals surface area contributed by atoms with Crippen molar-refractivity contribution in [3.63, 3.8) is 0 Å². The van der Waals surface area contributed by atoms with Crippen LogP contribution in [0.25, 0.3) is 0 Å². The number of aryl methyl sites for hydroxylation is 1. The highest BCUT2D eigenvalue weighted by atomic mass is 19.4. The number of hydrogen-bond donors (Lipinski definition) is 2. The fraction of sp³-hybridized carbons (Fsp3) is 0.405. The Balaban J connectivity index is 1.47. The molecule has 3 aromatic rings. The zero-order valence-corrected chi connectivity index (χ0v) is 28.7. The van der Waals surface area contributed by atoms with Gasteiger partial charge in [-0.1, -0.05) is 61.0 Å². The summed E-state index contributed by atoms with van der Waals surface area (Å²) in [5, 5.41) is 5.42. The zero-order valence-electron chi connectivity index (χ0n) is 28.7. The molecule has 3 aromatic carbocycles. The number of piperazine rings is 1. The maximum Gasteiger partial charge on any atom is 0.416 e. The number of halogens is 3. The number of hydrogen-bond acceptors (Lipinski definition) is 6. The summed E-state index contributed by atoms with van der Waals surface area (Å²) in [5.41, 5.74) is 1.25. The summed E-state index contributed by atoms with van der Waals surface area (Å²) in [5.74, 6) is -0.960. The van der Waals surface area contributed by atoms with Gasteiger partial charge in [0.1, 0.15) is 24.6 Å². The molecule has 2 saturated heterocycles. The standard InChI is InChI=1S/C37H42F3N5O6/c1-4-14-41-35(48)42-19-31-34(47)43(20-26-8-6-5-7-9-26)22-32-44(36(49)51-23-27-15-24(2)16-29(18-27)37(38,39)40)21-28(33(46)45(31)32)17-25-10-12-30(50-3)13-11-25/h5-13,15-16,18,28,31-32H,4,14,17,19-23H2,1-3H3,(H2,41,42,48)/t28-,31-,32+/m0/s1. The van der Waals surface area contributed by atoms with E-state index < -0.39 is 54.5 Å². The number of carbonyl (C=O) groups is 4. The van der Waals surface area contributed by atoms with Crippen molar-refractivity contribution in [2.24, 2.45) is 5.92 Å². The Bertz CT molecular complexity index is 1700. The van der Waals surface area contributed by atoms with Crippen molar-refractivity contribution in [1.29, 1.82) is 0 Å². The molecule has 272 valence electrons. The lowest BCUT2D eigenvalue weighted by Crippen LogP contribution is -2.74. The molecule has 3 atom stereocenters. The van der Waals surface area contributed by atoms with Gasteiger partial charge in [-0.3, -0.25) is 14.5 Å². The van der Waals surface area contributed by atoms with Gasteiger partial charge in [-0.25, -0.2) is 9.59 Å². The average Bonchev–Trinajstić information content (AvgIpc) is 3.11. The lowest BCUT2D eigenvalue weighted by Gasteiger charge is -2.53. The molecular formula is C37H42F3N5O6. The third-order valence-electron chi connectivity index (χ3n) is 8.93. The van der Waals surface area contributed by atoms with Gasteiger partial charge in [-0.15, -0.1) is 0 Å². The van der Waals surface area contributed by atoms with E-state index in [0.717, 1.165) is 23.3 Å². The van der Waals surface area contributed by atoms with Crippen LogP contribution in [0, 0.1) is 12.8 Å². The Morgan fingerprint density at radius 1 is 0.902 bits per heavy atom. The number of nitrogens with one attached hydrogen (secondary N) is 2. The van der Waals surface area contributed by atoms with Crippen LogP contribution in [-0.2, 0) is 40.1 Å². The van der Waals surface area contributed by atoms with Crippen molar-refractivity contribution in [3.05, 3.63) is 101 Å². The lowest BCUT2D eigenvalue weighted by atomic mass is 9.91. The molecule has 5 rings (SSSR count). The number of rotatable bonds is 11. The number of methoxy groups -OCH3 is 1. The molecule has 11 nitrogen and oxygen atoms in total. The summed E-state index contributed by atoms with van der Waals surface area (Å²) in [4.78, 5) is 59.3. The van der Waals surface area contributed by atoms with E-state index in [1.54, 1.807) is 29.2 Å². The van der Waals surface area contributed by atoms with Crippen molar-refractivity contribution in [2.45, 2.75) is 58.2 Å². The summed E-state index contributed by atoms with van der Waals surface area (Å²) in [7, 11) is 1.54. The number of amides is 5. The fourth-order valence-electron chi connectivity index (χ4n) is 6.46. The van der Waals surface area contributed by atoms with Crippen LogP contribution in [0.3, 0.4) is 0 Å². The summed E-state index contributed by atoms with van der Waals surface area (Å²) in [6.07, 6.45) is -5.51. The maximum atomic E-state index is 14.4. The number of benzene rings is 3. The highest BCUT2D eigenvalue weighted by Gasteiger charge is 2.52. The van der Waals surface area contributed by atoms with Crippen molar-refractivity contribution in [2.75, 3.05) is 33.3 Å². The van der Waals surface area contributed by atoms with E-state index in [2.05, 4.69) is 10.6 Å². The molecule has 14 heteroatoms. The van der Waals surface area contributed by atoms with E-state index in [9.17, 15) is 32.3 Å². The number of urea groups is 1. The molecule has 0 radical (unpaired) electrons. The molecule has 0 saturated carbocycles. The van der Waals surface area contributed by atoms with Crippen LogP contribution in [0.4, 0.5) is 22.8 Å². The second-order valence-electron chi connectivity index (χ2n) is 12.7. The normalized spacial score (nSPS) is 19.0. The SMILES string of the molecule is CCCNC(=O)NC[C@H]1C(=O)N(Cc2ccccc2)C[C@@H]2N(C(=O)OCc3cc(C)cc(C(F)(F)F)c3)C[C@H](Cc3ccc(OC)cc3)C(=O)N21. The maximum absolute atomic E-state index is 14.4. The van der Waals surface area contributed by atoms with Crippen LogP contribution in [0.1, 0.15) is 41.2 Å². The minimum Gasteiger partial charge on any atom is -0.497 e. The summed E-state index contributed by atoms with van der Waals surface area (Å²) in [6.45, 7) is 3.22. The van der Waals surface area contributed by atoms with Crippen LogP contribution in [0.5, 0.6) is 5.75 Å². The molecule has 0 bridgehead atoms. The van der Waals surface area contributed by atoms with Crippen molar-refractivity contribution >= 4 is 23.9 Å². The molecule has 0 aromatic heterocycles. The predicted octanol–water partition coefficient (Wildman–Crippen LogP) is 5.11. The fourth-order valence-corrected chi connectivity index (χ4v) is 6.46. The number of carbonyl (C=O) groups excluding carboxylic acids is 4. The van der Waals surface area contributed by atoms with Crippen LogP contribution >= 0.6 is 0 Å². The number of fused-ring (bicyclic) bond motifs is 1. The Morgan fingerprint density at radius 2 is 1.63 bits per heavy atom. The summed E-state index contributed by atoms with van der Waals surface area (Å²) >= 11 is 0. The average molecular weight is 710 g/mol. The van der Waals surface area contributed by atoms with E-state index in [1.165, 1.54) is 29.9 Å². The first kappa shape index (κ1) is 37.0. The highest BCUT2D eigenvalue weighted by Crippen LogP contribution is 2.33. The third-order valence-corrected chi connectivity index (χ3v) is 8.93. The van der Waals surface area contributed by atoms with E-state index in [1.807, 2.05) is 37.3 Å². The second kappa shape index (κ2) is 16.2. The van der Waals surface area contributed by atoms with Gasteiger partial charge in [0, 0.05) is 26.2 Å². The topological polar surface area (TPSA) is 121 Å². The summed E-state index contributed by atoms with van der Waals surface area (Å²) < 4.78 is 51.5. The van der Waals surface area contributed by atoms with Crippen LogP contribution in [0.2, 0.25) is 0 Å². The van der Waals surface area contributed by atoms with Gasteiger partial charge in [0.15, 0.2) is 0 Å². The molecule has 0 unspecified atom stereocenters. The van der Waals surface area contributed by atoms with Crippen molar-refractivity contribution < 1.29 is 41.8 Å². The first-order chi connectivity index (χ1) is 24.4. The minimum absolute atomic E-state index is 0.0506. The van der Waals surface area contributed by atoms with E-state index >= 15 is 0 Å². The summed E-state index contributed by atoms with van der Waals surface area (Å²) in [6, 6.07) is 18.1. The smallest absolute Gasteiger partial charge is 0.416 e. The third kappa shape index (κ3) is 9.10. The van der Waals surface area contributed by atoms with Gasteiger partial charge >= 0.3 is 18.3 Å². The first-order valence-corrected chi connectivity index (χ1v) is 16.8. The molecule has 2 aliphatic rings. The number of alkyl halides is 3. The molecule has 2 heterocycles. The van der Waals surface area contributed by atoms with Crippen LogP contribution in [-0.4, -0.2) is 84.1 Å². The Morgan fingerprint density at radius 3 is 2.29 bits per heavy atom. The molecule has 2 aliphatic heterocycles. The molecule has 2 fully saturated rings. The predicted molar refractivity (Wildman–Crippen MR) is 181 cm³/mol. The highest BCUT2D eigenvalue weighted by molar-refractivity contribution is 5.92. The van der Waals surface area contributed by atoms with Gasteiger partial charge < -0.3 is 29.9 Å². The Labute approximate surface area is 294 Å². The quantitative estimate of drug-likeness (QED) is 0.286. The monoisotopic (exact) mass is 709 g/mol. The minimum atomic E-state index is -4.58. The van der Waals surface area contributed by atoms with Gasteiger partial charge in [0.2, 0.25) is 11.8 Å². The van der Waals surface area contributed by atoms with E-state index in [0.29, 0.717) is 24.3 Å². The van der Waals surface area contributed by atoms with Crippen LogP contribution in [0.15, 0.2) is 72.8 Å². The molecule has 2 N–H and O–H groups in total. The van der Waals surface area contributed by atoms with Gasteiger partial charge in [0.05, 0.1) is 25.1 Å². The van der Waals surface area contributed by atoms with Gasteiger partial charge in [-0.2, -0.15) is 13.2 Å². The molecule has 0 spiro atoms. The molecular weight excluding hydrogens is 667 g/mol. The first-order valence-electron chi connectivity index (χ1n) is 16.8. The van der Waals surface area contributed by atoms with Gasteiger partial charge in [0.25, 0.3) is 0 Å². The Kier molecular flexibility index (Phi) is 11.7.